The molecule has 3 aliphatic rings. The number of ketones is 1. The Morgan fingerprint density at radius 1 is 1.24 bits per heavy atom. The highest BCUT2D eigenvalue weighted by Gasteiger charge is 2.53. The maximum atomic E-state index is 13.2. The fourth-order valence-corrected chi connectivity index (χ4v) is 6.58. The van der Waals surface area contributed by atoms with E-state index in [-0.39, 0.29) is 29.6 Å². The summed E-state index contributed by atoms with van der Waals surface area (Å²) < 4.78 is 5.57. The molecule has 0 spiro atoms. The van der Waals surface area contributed by atoms with E-state index in [1.165, 1.54) is 11.3 Å². The van der Waals surface area contributed by atoms with E-state index in [1.54, 1.807) is 23.4 Å². The standard InChI is InChI=1S/C23H26Cl2N4O4S/c24-14-10-29(19-15(30)11-33-20(14)19)23(32)18(12-4-2-1-3-5-12)28-21(31)22-27-9-16(34-22)13-6-7-17(25)26-8-13/h6-9,12,14,18-20,23,32H,1-5,10-11H2,(H,28,31). The van der Waals surface area contributed by atoms with Crippen LogP contribution in [0.3, 0.4) is 0 Å². The minimum atomic E-state index is -1.05. The average molecular weight is 525 g/mol. The van der Waals surface area contributed by atoms with Gasteiger partial charge in [0.2, 0.25) is 0 Å². The molecular weight excluding hydrogens is 499 g/mol. The predicted molar refractivity (Wildman–Crippen MR) is 129 cm³/mol. The molecule has 5 unspecified atom stereocenters. The van der Waals surface area contributed by atoms with Crippen molar-refractivity contribution in [2.75, 3.05) is 13.2 Å². The Morgan fingerprint density at radius 3 is 2.76 bits per heavy atom. The molecule has 2 aromatic heterocycles. The van der Waals surface area contributed by atoms with E-state index in [0.29, 0.717) is 16.7 Å². The molecule has 2 aromatic rings. The summed E-state index contributed by atoms with van der Waals surface area (Å²) >= 11 is 13.6. The van der Waals surface area contributed by atoms with Crippen LogP contribution in [0, 0.1) is 5.92 Å². The van der Waals surface area contributed by atoms with Gasteiger partial charge in [0.15, 0.2) is 10.8 Å². The molecule has 1 amide bonds. The van der Waals surface area contributed by atoms with Crippen molar-refractivity contribution in [2.45, 2.75) is 61.9 Å². The number of carbonyl (C=O) groups is 2. The molecule has 11 heteroatoms. The molecule has 34 heavy (non-hydrogen) atoms. The van der Waals surface area contributed by atoms with Crippen molar-refractivity contribution in [3.63, 3.8) is 0 Å². The van der Waals surface area contributed by atoms with Crippen LogP contribution in [0.25, 0.3) is 10.4 Å². The molecule has 8 nitrogen and oxygen atoms in total. The Morgan fingerprint density at radius 2 is 2.03 bits per heavy atom. The highest BCUT2D eigenvalue weighted by molar-refractivity contribution is 7.16. The maximum Gasteiger partial charge on any atom is 0.280 e. The number of nitrogens with one attached hydrogen (secondary N) is 1. The Labute approximate surface area is 211 Å². The number of fused-ring (bicyclic) bond motifs is 1. The van der Waals surface area contributed by atoms with E-state index in [2.05, 4.69) is 15.3 Å². The van der Waals surface area contributed by atoms with Crippen molar-refractivity contribution >= 4 is 46.2 Å². The van der Waals surface area contributed by atoms with Crippen LogP contribution >= 0.6 is 34.5 Å². The van der Waals surface area contributed by atoms with Gasteiger partial charge in [0, 0.05) is 24.5 Å². The number of likely N-dealkylation sites (tertiary alicyclic amines) is 1. The van der Waals surface area contributed by atoms with Gasteiger partial charge in [-0.05, 0) is 30.9 Å². The zero-order chi connectivity index (χ0) is 23.8. The van der Waals surface area contributed by atoms with E-state index in [1.807, 2.05) is 6.07 Å². The number of Topliss-reactive ketones (excluding diaryl/α,β-unsaturated/α-hetero) is 1. The molecule has 5 atom stereocenters. The molecule has 5 rings (SSSR count). The number of alkyl halides is 1. The lowest BCUT2D eigenvalue weighted by Gasteiger charge is -2.39. The molecular formula is C23H26Cl2N4O4S. The third-order valence-corrected chi connectivity index (χ3v) is 8.64. The van der Waals surface area contributed by atoms with Gasteiger partial charge in [0.05, 0.1) is 22.4 Å². The Kier molecular flexibility index (Phi) is 7.20. The summed E-state index contributed by atoms with van der Waals surface area (Å²) in [6, 6.07) is 2.39. The number of hydrogen-bond donors (Lipinski definition) is 2. The molecule has 1 saturated carbocycles. The van der Waals surface area contributed by atoms with Crippen LogP contribution in [0.1, 0.15) is 41.9 Å². The third kappa shape index (κ3) is 4.74. The van der Waals surface area contributed by atoms with Crippen molar-refractivity contribution < 1.29 is 19.4 Å². The first-order chi connectivity index (χ1) is 16.4. The van der Waals surface area contributed by atoms with Crippen molar-refractivity contribution in [3.05, 3.63) is 34.7 Å². The second-order valence-corrected chi connectivity index (χ2v) is 11.1. The van der Waals surface area contributed by atoms with Gasteiger partial charge in [-0.15, -0.1) is 22.9 Å². The molecule has 0 radical (unpaired) electrons. The predicted octanol–water partition coefficient (Wildman–Crippen LogP) is 3.12. The molecule has 182 valence electrons. The number of halogens is 2. The van der Waals surface area contributed by atoms with Crippen LogP contribution in [0.15, 0.2) is 24.5 Å². The Hall–Kier alpha value is -1.62. The van der Waals surface area contributed by atoms with E-state index in [9.17, 15) is 14.7 Å². The van der Waals surface area contributed by atoms with Gasteiger partial charge in [-0.3, -0.25) is 14.5 Å². The topological polar surface area (TPSA) is 105 Å². The number of hydrogen-bond acceptors (Lipinski definition) is 8. The molecule has 0 bridgehead atoms. The minimum absolute atomic E-state index is 0.00365. The van der Waals surface area contributed by atoms with Crippen LogP contribution in [-0.2, 0) is 9.53 Å². The summed E-state index contributed by atoms with van der Waals surface area (Å²) in [6.45, 7) is 0.331. The van der Waals surface area contributed by atoms with Crippen LogP contribution in [0.4, 0.5) is 0 Å². The van der Waals surface area contributed by atoms with Crippen molar-refractivity contribution in [1.29, 1.82) is 0 Å². The second-order valence-electron chi connectivity index (χ2n) is 9.11. The number of ether oxygens (including phenoxy) is 1. The van der Waals surface area contributed by atoms with Gasteiger partial charge < -0.3 is 15.2 Å². The Balaban J connectivity index is 1.36. The van der Waals surface area contributed by atoms with Gasteiger partial charge in [0.1, 0.15) is 24.0 Å². The van der Waals surface area contributed by atoms with Crippen molar-refractivity contribution in [2.24, 2.45) is 5.92 Å². The molecule has 4 heterocycles. The summed E-state index contributed by atoms with van der Waals surface area (Å²) in [5.74, 6) is -0.333. The largest absolute Gasteiger partial charge is 0.376 e. The smallest absolute Gasteiger partial charge is 0.280 e. The number of aliphatic hydroxyl groups excluding tert-OH is 1. The first kappa shape index (κ1) is 24.1. The zero-order valence-corrected chi connectivity index (χ0v) is 20.7. The maximum absolute atomic E-state index is 13.2. The SMILES string of the molecule is O=C(NC(C1CCCCC1)C(O)N1CC(Cl)C2OCC(=O)C21)c1ncc(-c2ccc(Cl)nc2)s1. The number of pyridine rings is 1. The van der Waals surface area contributed by atoms with E-state index in [4.69, 9.17) is 27.9 Å². The lowest BCUT2D eigenvalue weighted by atomic mass is 9.82. The van der Waals surface area contributed by atoms with Gasteiger partial charge in [0.25, 0.3) is 5.91 Å². The quantitative estimate of drug-likeness (QED) is 0.441. The number of aromatic nitrogens is 2. The monoisotopic (exact) mass is 524 g/mol. The van der Waals surface area contributed by atoms with Gasteiger partial charge in [-0.25, -0.2) is 9.97 Å². The summed E-state index contributed by atoms with van der Waals surface area (Å²) in [5, 5.41) is 14.8. The van der Waals surface area contributed by atoms with Crippen LogP contribution < -0.4 is 5.32 Å². The lowest BCUT2D eigenvalue weighted by molar-refractivity contribution is -0.126. The summed E-state index contributed by atoms with van der Waals surface area (Å²) in [6.07, 6.45) is 6.82. The van der Waals surface area contributed by atoms with Crippen LogP contribution in [-0.4, -0.2) is 74.6 Å². The van der Waals surface area contributed by atoms with Crippen molar-refractivity contribution in [3.8, 4) is 10.4 Å². The van der Waals surface area contributed by atoms with Gasteiger partial charge >= 0.3 is 0 Å². The summed E-state index contributed by atoms with van der Waals surface area (Å²) in [4.78, 5) is 36.6. The highest BCUT2D eigenvalue weighted by atomic mass is 35.5. The van der Waals surface area contributed by atoms with Crippen LogP contribution in [0.5, 0.6) is 0 Å². The highest BCUT2D eigenvalue weighted by Crippen LogP contribution is 2.36. The Bertz CT molecular complexity index is 1050. The number of nitrogens with zero attached hydrogens (tertiary/aromatic N) is 3. The number of aliphatic hydroxyl groups is 1. The summed E-state index contributed by atoms with van der Waals surface area (Å²) in [7, 11) is 0. The van der Waals surface area contributed by atoms with Crippen molar-refractivity contribution in [1.82, 2.24) is 20.2 Å². The summed E-state index contributed by atoms with van der Waals surface area (Å²) in [5.41, 5.74) is 0.820. The van der Waals surface area contributed by atoms with E-state index in [0.717, 1.165) is 42.5 Å². The fraction of sp³-hybridized carbons (Fsp3) is 0.565. The zero-order valence-electron chi connectivity index (χ0n) is 18.4. The average Bonchev–Trinajstić information content (AvgIpc) is 3.56. The number of carbonyl (C=O) groups excluding carboxylic acids is 2. The molecule has 2 aliphatic heterocycles. The molecule has 3 fully saturated rings. The normalized spacial score (nSPS) is 27.5. The van der Waals surface area contributed by atoms with E-state index >= 15 is 0 Å². The number of thiazole rings is 1. The lowest BCUT2D eigenvalue weighted by Crippen LogP contribution is -2.58. The second kappa shape index (κ2) is 10.2. The molecule has 1 aliphatic carbocycles. The molecule has 2 N–H and O–H groups in total. The number of rotatable bonds is 6. The number of amides is 1. The molecule has 0 aromatic carbocycles. The van der Waals surface area contributed by atoms with Gasteiger partial charge in [-0.2, -0.15) is 0 Å². The third-order valence-electron chi connectivity index (χ3n) is 6.99. The van der Waals surface area contributed by atoms with E-state index < -0.39 is 24.4 Å². The fourth-order valence-electron chi connectivity index (χ4n) is 5.29. The minimum Gasteiger partial charge on any atom is -0.376 e. The first-order valence-corrected chi connectivity index (χ1v) is 13.2. The first-order valence-electron chi connectivity index (χ1n) is 11.5. The molecule has 2 saturated heterocycles. The van der Waals surface area contributed by atoms with Gasteiger partial charge in [-0.1, -0.05) is 30.9 Å². The van der Waals surface area contributed by atoms with Crippen LogP contribution in [0.2, 0.25) is 5.15 Å².